The Kier molecular flexibility index (Phi) is 6.53. The molecular formula is C17H35N3O2S. The van der Waals surface area contributed by atoms with Gasteiger partial charge in [0.15, 0.2) is 15.8 Å². The highest BCUT2D eigenvalue weighted by Gasteiger charge is 2.41. The quantitative estimate of drug-likeness (QED) is 0.614. The maximum Gasteiger partial charge on any atom is 0.194 e. The molecule has 0 aromatic carbocycles. The molecule has 0 radical (unpaired) electrons. The lowest BCUT2D eigenvalue weighted by molar-refractivity contribution is 0.294. The Morgan fingerprint density at radius 1 is 1.35 bits per heavy atom. The number of aliphatic imine (C=N–C) groups is 1. The molecule has 23 heavy (non-hydrogen) atoms. The lowest BCUT2D eigenvalue weighted by atomic mass is 9.84. The molecule has 5 nitrogen and oxygen atoms in total. The van der Waals surface area contributed by atoms with E-state index in [2.05, 4.69) is 37.9 Å². The third kappa shape index (κ3) is 5.66. The molecule has 1 saturated heterocycles. The van der Waals surface area contributed by atoms with Crippen molar-refractivity contribution in [2.75, 3.05) is 31.9 Å². The van der Waals surface area contributed by atoms with Crippen molar-refractivity contribution in [2.24, 2.45) is 16.3 Å². The van der Waals surface area contributed by atoms with E-state index < -0.39 is 14.6 Å². The second-order valence-corrected chi connectivity index (χ2v) is 11.2. The van der Waals surface area contributed by atoms with Crippen LogP contribution in [0.2, 0.25) is 0 Å². The van der Waals surface area contributed by atoms with Crippen LogP contribution in [0.25, 0.3) is 0 Å². The molecule has 1 rings (SSSR count). The SMILES string of the molecule is CCNC(=NCC(C)(C)CC(C)C)N1CCS(=O)(=O)C(C)(C)C1. The molecule has 0 aliphatic carbocycles. The third-order valence-corrected chi connectivity index (χ3v) is 6.83. The van der Waals surface area contributed by atoms with Gasteiger partial charge in [-0.25, -0.2) is 8.42 Å². The van der Waals surface area contributed by atoms with Crippen LogP contribution in [0, 0.1) is 11.3 Å². The molecule has 1 heterocycles. The molecule has 0 spiro atoms. The minimum Gasteiger partial charge on any atom is -0.357 e. The Bertz CT molecular complexity index is 522. The van der Waals surface area contributed by atoms with Gasteiger partial charge < -0.3 is 10.2 Å². The van der Waals surface area contributed by atoms with Gasteiger partial charge >= 0.3 is 0 Å². The lowest BCUT2D eigenvalue weighted by Crippen LogP contribution is -2.57. The summed E-state index contributed by atoms with van der Waals surface area (Å²) >= 11 is 0. The van der Waals surface area contributed by atoms with Crippen LogP contribution < -0.4 is 5.32 Å². The van der Waals surface area contributed by atoms with Crippen molar-refractivity contribution in [3.05, 3.63) is 0 Å². The van der Waals surface area contributed by atoms with Crippen LogP contribution in [-0.2, 0) is 9.84 Å². The Labute approximate surface area is 142 Å². The number of nitrogens with one attached hydrogen (secondary N) is 1. The van der Waals surface area contributed by atoms with Gasteiger partial charge in [0.2, 0.25) is 0 Å². The first-order valence-corrected chi connectivity index (χ1v) is 10.3. The number of nitrogens with zero attached hydrogens (tertiary/aromatic N) is 2. The number of hydrogen-bond acceptors (Lipinski definition) is 3. The Morgan fingerprint density at radius 3 is 2.43 bits per heavy atom. The van der Waals surface area contributed by atoms with E-state index in [9.17, 15) is 8.42 Å². The summed E-state index contributed by atoms with van der Waals surface area (Å²) in [5.41, 5.74) is 0.145. The molecule has 1 N–H and O–H groups in total. The van der Waals surface area contributed by atoms with E-state index in [1.807, 2.05) is 6.92 Å². The Morgan fingerprint density at radius 2 is 1.96 bits per heavy atom. The minimum absolute atomic E-state index is 0.145. The zero-order valence-electron chi connectivity index (χ0n) is 15.9. The predicted octanol–water partition coefficient (Wildman–Crippen LogP) is 2.53. The maximum atomic E-state index is 12.2. The molecule has 0 unspecified atom stereocenters. The highest BCUT2D eigenvalue weighted by molar-refractivity contribution is 7.92. The number of hydrogen-bond donors (Lipinski definition) is 1. The van der Waals surface area contributed by atoms with Gasteiger partial charge in [-0.15, -0.1) is 0 Å². The van der Waals surface area contributed by atoms with Crippen molar-refractivity contribution in [3.8, 4) is 0 Å². The molecule has 0 amide bonds. The molecule has 0 saturated carbocycles. The average Bonchev–Trinajstić information content (AvgIpc) is 2.36. The summed E-state index contributed by atoms with van der Waals surface area (Å²) in [5.74, 6) is 1.67. The van der Waals surface area contributed by atoms with E-state index in [1.54, 1.807) is 13.8 Å². The van der Waals surface area contributed by atoms with Crippen molar-refractivity contribution in [2.45, 2.75) is 59.6 Å². The fraction of sp³-hybridized carbons (Fsp3) is 0.941. The number of sulfone groups is 1. The van der Waals surface area contributed by atoms with Crippen LogP contribution in [0.1, 0.15) is 54.9 Å². The summed E-state index contributed by atoms with van der Waals surface area (Å²) < 4.78 is 23.6. The second-order valence-electron chi connectivity index (χ2n) is 8.43. The van der Waals surface area contributed by atoms with Crippen molar-refractivity contribution in [1.82, 2.24) is 10.2 Å². The monoisotopic (exact) mass is 345 g/mol. The zero-order chi connectivity index (χ0) is 17.9. The van der Waals surface area contributed by atoms with Gasteiger partial charge in [0.1, 0.15) is 0 Å². The normalized spacial score (nSPS) is 21.6. The van der Waals surface area contributed by atoms with Crippen LogP contribution >= 0.6 is 0 Å². The predicted molar refractivity (Wildman–Crippen MR) is 98.7 cm³/mol. The van der Waals surface area contributed by atoms with Crippen molar-refractivity contribution in [1.29, 1.82) is 0 Å². The smallest absolute Gasteiger partial charge is 0.194 e. The van der Waals surface area contributed by atoms with E-state index in [0.29, 0.717) is 19.0 Å². The van der Waals surface area contributed by atoms with Gasteiger partial charge in [-0.2, -0.15) is 0 Å². The van der Waals surface area contributed by atoms with E-state index in [-0.39, 0.29) is 11.2 Å². The zero-order valence-corrected chi connectivity index (χ0v) is 16.8. The second kappa shape index (κ2) is 7.41. The summed E-state index contributed by atoms with van der Waals surface area (Å²) in [7, 11) is -3.03. The molecular weight excluding hydrogens is 310 g/mol. The first-order valence-electron chi connectivity index (χ1n) is 8.66. The summed E-state index contributed by atoms with van der Waals surface area (Å²) in [6.45, 7) is 17.1. The number of rotatable bonds is 5. The fourth-order valence-electron chi connectivity index (χ4n) is 3.21. The van der Waals surface area contributed by atoms with Gasteiger partial charge in [-0.3, -0.25) is 4.99 Å². The first kappa shape index (κ1) is 20.3. The molecule has 0 aromatic heterocycles. The van der Waals surface area contributed by atoms with E-state index >= 15 is 0 Å². The fourth-order valence-corrected chi connectivity index (χ4v) is 4.57. The Hall–Kier alpha value is -0.780. The van der Waals surface area contributed by atoms with Gasteiger partial charge in [0.05, 0.1) is 10.5 Å². The minimum atomic E-state index is -3.03. The lowest BCUT2D eigenvalue weighted by Gasteiger charge is -2.39. The van der Waals surface area contributed by atoms with Crippen LogP contribution in [0.15, 0.2) is 4.99 Å². The van der Waals surface area contributed by atoms with Gasteiger partial charge in [0, 0.05) is 26.2 Å². The molecule has 136 valence electrons. The largest absolute Gasteiger partial charge is 0.357 e. The average molecular weight is 346 g/mol. The molecule has 1 fully saturated rings. The summed E-state index contributed by atoms with van der Waals surface area (Å²) in [6.07, 6.45) is 1.12. The van der Waals surface area contributed by atoms with Crippen molar-refractivity contribution < 1.29 is 8.42 Å². The molecule has 0 bridgehead atoms. The highest BCUT2D eigenvalue weighted by Crippen LogP contribution is 2.26. The topological polar surface area (TPSA) is 61.8 Å². The molecule has 1 aliphatic rings. The van der Waals surface area contributed by atoms with Gasteiger partial charge in [-0.05, 0) is 38.5 Å². The maximum absolute atomic E-state index is 12.2. The van der Waals surface area contributed by atoms with Crippen LogP contribution in [0.4, 0.5) is 0 Å². The van der Waals surface area contributed by atoms with Gasteiger partial charge in [-0.1, -0.05) is 27.7 Å². The van der Waals surface area contributed by atoms with Crippen LogP contribution in [0.3, 0.4) is 0 Å². The Balaban J connectivity index is 2.88. The molecule has 6 heteroatoms. The summed E-state index contributed by atoms with van der Waals surface area (Å²) in [4.78, 5) is 6.91. The van der Waals surface area contributed by atoms with E-state index in [1.165, 1.54) is 0 Å². The molecule has 0 atom stereocenters. The van der Waals surface area contributed by atoms with Gasteiger partial charge in [0.25, 0.3) is 0 Å². The first-order chi connectivity index (χ1) is 10.4. The van der Waals surface area contributed by atoms with Crippen LogP contribution in [0.5, 0.6) is 0 Å². The molecule has 0 aromatic rings. The van der Waals surface area contributed by atoms with Crippen molar-refractivity contribution >= 4 is 15.8 Å². The standard InChI is InChI=1S/C17H35N3O2S/c1-8-18-15(19-12-16(4,5)11-14(2)3)20-9-10-23(21,22)17(6,7)13-20/h14H,8-13H2,1-7H3,(H,18,19). The van der Waals surface area contributed by atoms with Crippen molar-refractivity contribution in [3.63, 3.8) is 0 Å². The summed E-state index contributed by atoms with van der Waals surface area (Å²) in [5, 5.41) is 3.32. The number of guanidine groups is 1. The van der Waals surface area contributed by atoms with E-state index in [4.69, 9.17) is 4.99 Å². The van der Waals surface area contributed by atoms with E-state index in [0.717, 1.165) is 25.5 Å². The summed E-state index contributed by atoms with van der Waals surface area (Å²) in [6, 6.07) is 0. The highest BCUT2D eigenvalue weighted by atomic mass is 32.2. The third-order valence-electron chi connectivity index (χ3n) is 4.30. The molecule has 1 aliphatic heterocycles. The van der Waals surface area contributed by atoms with Crippen LogP contribution in [-0.4, -0.2) is 56.0 Å².